The van der Waals surface area contributed by atoms with Crippen molar-refractivity contribution in [1.29, 1.82) is 0 Å². The fourth-order valence-corrected chi connectivity index (χ4v) is 1.26. The van der Waals surface area contributed by atoms with Crippen LogP contribution in [-0.2, 0) is 9.59 Å². The molecule has 0 unspecified atom stereocenters. The van der Waals surface area contributed by atoms with Gasteiger partial charge < -0.3 is 16.4 Å². The largest absolute Gasteiger partial charge is 0.481 e. The second-order valence-electron chi connectivity index (χ2n) is 3.41. The van der Waals surface area contributed by atoms with Gasteiger partial charge in [-0.05, 0) is 12.8 Å². The van der Waals surface area contributed by atoms with E-state index in [0.29, 0.717) is 0 Å². The highest BCUT2D eigenvalue weighted by atomic mass is 16.4. The van der Waals surface area contributed by atoms with E-state index in [0.717, 1.165) is 38.5 Å². The first-order valence-electron chi connectivity index (χ1n) is 5.06. The number of unbranched alkanes of at least 4 members (excludes halogenated alkanes) is 5. The Morgan fingerprint density at radius 2 is 0.933 bits per heavy atom. The normalized spacial score (nSPS) is 9.33. The molecule has 5 nitrogen and oxygen atoms in total. The van der Waals surface area contributed by atoms with Gasteiger partial charge in [0.2, 0.25) is 0 Å². The summed E-state index contributed by atoms with van der Waals surface area (Å²) in [5.74, 6) is -1.48. The Labute approximate surface area is 90.1 Å². The number of quaternary nitrogens is 1. The van der Waals surface area contributed by atoms with E-state index in [1.165, 1.54) is 0 Å². The van der Waals surface area contributed by atoms with Crippen molar-refractivity contribution in [2.24, 2.45) is 0 Å². The second-order valence-corrected chi connectivity index (χ2v) is 3.41. The van der Waals surface area contributed by atoms with Gasteiger partial charge in [0.25, 0.3) is 0 Å². The van der Waals surface area contributed by atoms with Crippen LogP contribution in [0.5, 0.6) is 0 Å². The van der Waals surface area contributed by atoms with Gasteiger partial charge in [-0.2, -0.15) is 0 Å². The third-order valence-corrected chi connectivity index (χ3v) is 2.03. The minimum atomic E-state index is -0.740. The Balaban J connectivity index is 0. The number of carboxylic acids is 2. The first-order valence-corrected chi connectivity index (χ1v) is 5.06. The van der Waals surface area contributed by atoms with Crippen molar-refractivity contribution in [3.8, 4) is 0 Å². The molecule has 5 heteroatoms. The van der Waals surface area contributed by atoms with Gasteiger partial charge in [0.15, 0.2) is 0 Å². The van der Waals surface area contributed by atoms with E-state index < -0.39 is 11.9 Å². The average Bonchev–Trinajstić information content (AvgIpc) is 2.08. The van der Waals surface area contributed by atoms with Crippen LogP contribution in [0.3, 0.4) is 0 Å². The number of rotatable bonds is 9. The lowest BCUT2D eigenvalue weighted by Crippen LogP contribution is -1.94. The number of carbonyl (C=O) groups is 2. The van der Waals surface area contributed by atoms with Gasteiger partial charge >= 0.3 is 11.9 Å². The summed E-state index contributed by atoms with van der Waals surface area (Å²) in [6.07, 6.45) is 5.82. The minimum absolute atomic E-state index is 0. The summed E-state index contributed by atoms with van der Waals surface area (Å²) < 4.78 is 0. The third-order valence-electron chi connectivity index (χ3n) is 2.03. The number of carboxylic acid groups (broad SMARTS) is 2. The van der Waals surface area contributed by atoms with Crippen LogP contribution in [0.1, 0.15) is 51.4 Å². The van der Waals surface area contributed by atoms with Crippen LogP contribution in [-0.4, -0.2) is 22.2 Å². The van der Waals surface area contributed by atoms with Gasteiger partial charge in [0, 0.05) is 12.8 Å². The molecule has 0 amide bonds. The van der Waals surface area contributed by atoms with Crippen LogP contribution >= 0.6 is 0 Å². The molecule has 15 heavy (non-hydrogen) atoms. The van der Waals surface area contributed by atoms with E-state index in [1.807, 2.05) is 0 Å². The third kappa shape index (κ3) is 15.6. The smallest absolute Gasteiger partial charge is 0.303 e. The Morgan fingerprint density at radius 1 is 0.667 bits per heavy atom. The number of hydrogen-bond donors (Lipinski definition) is 3. The van der Waals surface area contributed by atoms with Crippen LogP contribution in [0.15, 0.2) is 0 Å². The maximum atomic E-state index is 10.1. The maximum absolute atomic E-state index is 10.1. The summed E-state index contributed by atoms with van der Waals surface area (Å²) >= 11 is 0. The number of hydrogen-bond acceptors (Lipinski definition) is 2. The van der Waals surface area contributed by atoms with Gasteiger partial charge in [0.1, 0.15) is 0 Å². The minimum Gasteiger partial charge on any atom is -0.481 e. The topological polar surface area (TPSA) is 111 Å². The predicted octanol–water partition coefficient (Wildman–Crippen LogP) is 2.65. The summed E-state index contributed by atoms with van der Waals surface area (Å²) in [7, 11) is 0. The lowest BCUT2D eigenvalue weighted by Gasteiger charge is -1.98. The predicted molar refractivity (Wildman–Crippen MR) is 58.2 cm³/mol. The fraction of sp³-hybridized carbons (Fsp3) is 0.800. The Kier molecular flexibility index (Phi) is 12.0. The zero-order valence-corrected chi connectivity index (χ0v) is 9.37. The molecule has 0 radical (unpaired) electrons. The van der Waals surface area contributed by atoms with Crippen molar-refractivity contribution >= 4 is 11.9 Å². The van der Waals surface area contributed by atoms with E-state index in [4.69, 9.17) is 10.2 Å². The van der Waals surface area contributed by atoms with E-state index in [9.17, 15) is 9.59 Å². The molecule has 0 aliphatic rings. The second kappa shape index (κ2) is 11.0. The Bertz CT molecular complexity index is 162. The van der Waals surface area contributed by atoms with Crippen molar-refractivity contribution in [2.45, 2.75) is 51.4 Å². The van der Waals surface area contributed by atoms with Gasteiger partial charge in [-0.1, -0.05) is 25.7 Å². The first kappa shape index (κ1) is 16.3. The zero-order valence-electron chi connectivity index (χ0n) is 9.37. The van der Waals surface area contributed by atoms with Crippen LogP contribution in [0.25, 0.3) is 0 Å². The van der Waals surface area contributed by atoms with Gasteiger partial charge in [0.05, 0.1) is 0 Å². The molecular formula is C10H22NO4+. The first-order chi connectivity index (χ1) is 6.63. The summed E-state index contributed by atoms with van der Waals surface area (Å²) in [6.45, 7) is 0. The molecule has 0 bridgehead atoms. The molecule has 90 valence electrons. The SMILES string of the molecule is O=C(O)CCCCCCCCC(=O)O.[NH4+]. The quantitative estimate of drug-likeness (QED) is 0.518. The highest BCUT2D eigenvalue weighted by molar-refractivity contribution is 5.66. The molecule has 0 aliphatic carbocycles. The van der Waals surface area contributed by atoms with Crippen molar-refractivity contribution in [3.63, 3.8) is 0 Å². The van der Waals surface area contributed by atoms with Crippen molar-refractivity contribution in [2.75, 3.05) is 0 Å². The fourth-order valence-electron chi connectivity index (χ4n) is 1.26. The lowest BCUT2D eigenvalue weighted by atomic mass is 10.1. The van der Waals surface area contributed by atoms with Gasteiger partial charge in [-0.25, -0.2) is 0 Å². The highest BCUT2D eigenvalue weighted by Crippen LogP contribution is 2.08. The zero-order chi connectivity index (χ0) is 10.8. The summed E-state index contributed by atoms with van der Waals surface area (Å²) in [5, 5.41) is 16.7. The van der Waals surface area contributed by atoms with E-state index in [-0.39, 0.29) is 19.0 Å². The molecule has 6 N–H and O–H groups in total. The highest BCUT2D eigenvalue weighted by Gasteiger charge is 1.98. The molecule has 0 saturated carbocycles. The van der Waals surface area contributed by atoms with Crippen LogP contribution < -0.4 is 6.15 Å². The van der Waals surface area contributed by atoms with Gasteiger partial charge in [-0.15, -0.1) is 0 Å². The Hall–Kier alpha value is -1.10. The summed E-state index contributed by atoms with van der Waals surface area (Å²) in [5.41, 5.74) is 0. The molecule has 0 spiro atoms. The van der Waals surface area contributed by atoms with Crippen molar-refractivity contribution in [1.82, 2.24) is 6.15 Å². The van der Waals surface area contributed by atoms with Crippen molar-refractivity contribution < 1.29 is 19.8 Å². The Morgan fingerprint density at radius 3 is 1.20 bits per heavy atom. The molecule has 0 aromatic rings. The molecule has 0 aliphatic heterocycles. The maximum Gasteiger partial charge on any atom is 0.303 e. The molecule has 0 saturated heterocycles. The lowest BCUT2D eigenvalue weighted by molar-refractivity contribution is -0.138. The van der Waals surface area contributed by atoms with Crippen LogP contribution in [0.4, 0.5) is 0 Å². The molecule has 0 heterocycles. The molecule has 0 aromatic carbocycles. The van der Waals surface area contributed by atoms with Crippen LogP contribution in [0, 0.1) is 0 Å². The molecule has 0 fully saturated rings. The number of aliphatic carboxylic acids is 2. The van der Waals surface area contributed by atoms with Crippen molar-refractivity contribution in [3.05, 3.63) is 0 Å². The van der Waals surface area contributed by atoms with E-state index in [2.05, 4.69) is 0 Å². The monoisotopic (exact) mass is 220 g/mol. The van der Waals surface area contributed by atoms with Crippen LogP contribution in [0.2, 0.25) is 0 Å². The standard InChI is InChI=1S/C10H18O4.H3N/c11-9(12)7-5-3-1-2-4-6-8-10(13)14;/h1-8H2,(H,11,12)(H,13,14);1H3/p+1. The summed E-state index contributed by atoms with van der Waals surface area (Å²) in [6, 6.07) is 0. The summed E-state index contributed by atoms with van der Waals surface area (Å²) in [4.78, 5) is 20.3. The van der Waals surface area contributed by atoms with Gasteiger partial charge in [-0.3, -0.25) is 9.59 Å². The molecule has 0 atom stereocenters. The van der Waals surface area contributed by atoms with E-state index in [1.54, 1.807) is 0 Å². The molecule has 0 rings (SSSR count). The van der Waals surface area contributed by atoms with E-state index >= 15 is 0 Å². The average molecular weight is 220 g/mol. The molecular weight excluding hydrogens is 198 g/mol. The molecule has 0 aromatic heterocycles.